The average molecular weight is 567 g/mol. The summed E-state index contributed by atoms with van der Waals surface area (Å²) in [4.78, 5) is 32.8. The van der Waals surface area contributed by atoms with Crippen LogP contribution < -0.4 is 10.6 Å². The molecule has 2 amide bonds. The minimum Gasteiger partial charge on any atom is -0.351 e. The van der Waals surface area contributed by atoms with Crippen molar-refractivity contribution in [2.24, 2.45) is 0 Å². The zero-order chi connectivity index (χ0) is 28.4. The number of benzene rings is 3. The molecule has 0 radical (unpaired) electrons. The minimum absolute atomic E-state index is 0.259. The standard InChI is InChI=1S/C29H22F4N4O2S/c1-16-15-40-26(36-16)14-35-28(39)25-12-22-21(3-2-4-24(22)37-25)17-5-7-18(8-6-17)27(38)34-13-19-11-20(29(31,32)33)9-10-23(19)30/h2-12,15,37H,13-14H2,1H3,(H,34,38)(H,35,39). The smallest absolute Gasteiger partial charge is 0.351 e. The molecule has 6 nitrogen and oxygen atoms in total. The van der Waals surface area contributed by atoms with E-state index in [-0.39, 0.29) is 17.0 Å². The quantitative estimate of drug-likeness (QED) is 0.194. The van der Waals surface area contributed by atoms with Gasteiger partial charge in [0.15, 0.2) is 0 Å². The van der Waals surface area contributed by atoms with Crippen molar-refractivity contribution in [1.29, 1.82) is 0 Å². The molecule has 0 fully saturated rings. The van der Waals surface area contributed by atoms with Gasteiger partial charge in [0.1, 0.15) is 16.5 Å². The largest absolute Gasteiger partial charge is 0.416 e. The number of rotatable bonds is 7. The van der Waals surface area contributed by atoms with Crippen molar-refractivity contribution >= 4 is 34.1 Å². The number of aromatic amines is 1. The first-order chi connectivity index (χ1) is 19.1. The molecule has 40 heavy (non-hydrogen) atoms. The number of nitrogens with zero attached hydrogens (tertiary/aromatic N) is 1. The average Bonchev–Trinajstić information content (AvgIpc) is 3.56. The predicted molar refractivity (Wildman–Crippen MR) is 144 cm³/mol. The molecule has 11 heteroatoms. The van der Waals surface area contributed by atoms with Gasteiger partial charge in [-0.25, -0.2) is 9.37 Å². The third-order valence-corrected chi connectivity index (χ3v) is 7.21. The number of hydrogen-bond acceptors (Lipinski definition) is 4. The zero-order valence-electron chi connectivity index (χ0n) is 21.0. The van der Waals surface area contributed by atoms with Crippen LogP contribution in [0, 0.1) is 12.7 Å². The predicted octanol–water partition coefficient (Wildman–Crippen LogP) is 6.62. The lowest BCUT2D eigenvalue weighted by molar-refractivity contribution is -0.137. The first-order valence-electron chi connectivity index (χ1n) is 12.1. The molecular formula is C29H22F4N4O2S. The molecule has 0 saturated heterocycles. The molecule has 0 atom stereocenters. The molecule has 0 aliphatic rings. The SMILES string of the molecule is Cc1csc(CNC(=O)c2cc3c(-c4ccc(C(=O)NCc5cc(C(F)(F)F)ccc5F)cc4)cccc3[nH]2)n1. The summed E-state index contributed by atoms with van der Waals surface area (Å²) >= 11 is 1.48. The molecule has 0 aliphatic heterocycles. The molecular weight excluding hydrogens is 544 g/mol. The first-order valence-corrected chi connectivity index (χ1v) is 13.0. The lowest BCUT2D eigenvalue weighted by Gasteiger charge is -2.11. The Bertz CT molecular complexity index is 1710. The van der Waals surface area contributed by atoms with Crippen molar-refractivity contribution in [1.82, 2.24) is 20.6 Å². The van der Waals surface area contributed by atoms with Gasteiger partial charge in [-0.3, -0.25) is 9.59 Å². The maximum Gasteiger partial charge on any atom is 0.416 e. The monoisotopic (exact) mass is 566 g/mol. The molecule has 0 saturated carbocycles. The summed E-state index contributed by atoms with van der Waals surface area (Å²) in [7, 11) is 0. The lowest BCUT2D eigenvalue weighted by Crippen LogP contribution is -2.23. The van der Waals surface area contributed by atoms with Gasteiger partial charge >= 0.3 is 6.18 Å². The molecule has 0 unspecified atom stereocenters. The topological polar surface area (TPSA) is 86.9 Å². The molecule has 5 aromatic rings. The highest BCUT2D eigenvalue weighted by Crippen LogP contribution is 2.31. The van der Waals surface area contributed by atoms with E-state index >= 15 is 0 Å². The summed E-state index contributed by atoms with van der Waals surface area (Å²) in [6, 6.07) is 16.0. The van der Waals surface area contributed by atoms with Gasteiger partial charge in [-0.2, -0.15) is 13.2 Å². The van der Waals surface area contributed by atoms with Gasteiger partial charge in [-0.15, -0.1) is 11.3 Å². The number of alkyl halides is 3. The van der Waals surface area contributed by atoms with Crippen LogP contribution in [-0.2, 0) is 19.3 Å². The van der Waals surface area contributed by atoms with Gasteiger partial charge in [0.05, 0.1) is 12.1 Å². The van der Waals surface area contributed by atoms with Gasteiger partial charge in [0.2, 0.25) is 0 Å². The van der Waals surface area contributed by atoms with Crippen LogP contribution >= 0.6 is 11.3 Å². The number of nitrogens with one attached hydrogen (secondary N) is 3. The highest BCUT2D eigenvalue weighted by molar-refractivity contribution is 7.09. The normalized spacial score (nSPS) is 11.5. The Labute approximate surface area is 230 Å². The fraction of sp³-hybridized carbons (Fsp3) is 0.138. The maximum atomic E-state index is 14.0. The van der Waals surface area contributed by atoms with Crippen molar-refractivity contribution in [3.63, 3.8) is 0 Å². The third kappa shape index (κ3) is 5.89. The summed E-state index contributed by atoms with van der Waals surface area (Å²) in [5.41, 5.74) is 2.69. The Hall–Kier alpha value is -4.51. The Balaban J connectivity index is 1.29. The Kier molecular flexibility index (Phi) is 7.40. The minimum atomic E-state index is -4.62. The third-order valence-electron chi connectivity index (χ3n) is 6.25. The van der Waals surface area contributed by atoms with Crippen LogP contribution in [0.5, 0.6) is 0 Å². The number of thiazole rings is 1. The van der Waals surface area contributed by atoms with E-state index in [0.717, 1.165) is 38.8 Å². The summed E-state index contributed by atoms with van der Waals surface area (Å²) in [5, 5.41) is 8.87. The number of fused-ring (bicyclic) bond motifs is 1. The number of halogens is 4. The van der Waals surface area contributed by atoms with Crippen LogP contribution in [0.3, 0.4) is 0 Å². The lowest BCUT2D eigenvalue weighted by atomic mass is 10.00. The van der Waals surface area contributed by atoms with Crippen molar-refractivity contribution in [3.8, 4) is 11.1 Å². The second-order valence-corrected chi connectivity index (χ2v) is 10.0. The van der Waals surface area contributed by atoms with Crippen LogP contribution in [0.4, 0.5) is 17.6 Å². The number of amides is 2. The van der Waals surface area contributed by atoms with Gasteiger partial charge in [-0.05, 0) is 60.5 Å². The first kappa shape index (κ1) is 27.1. The molecule has 5 rings (SSSR count). The number of hydrogen-bond donors (Lipinski definition) is 3. The van der Waals surface area contributed by atoms with Crippen LogP contribution in [0.25, 0.3) is 22.0 Å². The van der Waals surface area contributed by atoms with Gasteiger partial charge < -0.3 is 15.6 Å². The van der Waals surface area contributed by atoms with E-state index in [4.69, 9.17) is 0 Å². The maximum absolute atomic E-state index is 14.0. The van der Waals surface area contributed by atoms with E-state index in [1.54, 1.807) is 30.3 Å². The van der Waals surface area contributed by atoms with Gasteiger partial charge in [0.25, 0.3) is 11.8 Å². The molecule has 0 spiro atoms. The second-order valence-electron chi connectivity index (χ2n) is 9.08. The van der Waals surface area contributed by atoms with Crippen molar-refractivity contribution in [2.75, 3.05) is 0 Å². The Morgan fingerprint density at radius 1 is 0.950 bits per heavy atom. The number of carbonyl (C=O) groups excluding carboxylic acids is 2. The van der Waals surface area contributed by atoms with E-state index in [0.29, 0.717) is 24.4 Å². The van der Waals surface area contributed by atoms with Crippen LogP contribution in [0.15, 0.2) is 72.1 Å². The van der Waals surface area contributed by atoms with Crippen LogP contribution in [0.1, 0.15) is 42.7 Å². The number of carbonyl (C=O) groups is 2. The molecule has 2 aromatic heterocycles. The molecule has 0 aliphatic carbocycles. The van der Waals surface area contributed by atoms with Gasteiger partial charge in [-0.1, -0.05) is 24.3 Å². The molecule has 3 N–H and O–H groups in total. The van der Waals surface area contributed by atoms with Gasteiger partial charge in [0, 0.05) is 39.6 Å². The molecule has 3 aromatic carbocycles. The van der Waals surface area contributed by atoms with Crippen LogP contribution in [-0.4, -0.2) is 21.8 Å². The molecule has 0 bridgehead atoms. The zero-order valence-corrected chi connectivity index (χ0v) is 21.8. The summed E-state index contributed by atoms with van der Waals surface area (Å²) in [6.45, 7) is 1.82. The number of aromatic nitrogens is 2. The van der Waals surface area contributed by atoms with E-state index in [2.05, 4.69) is 20.6 Å². The summed E-state index contributed by atoms with van der Waals surface area (Å²) in [5.74, 6) is -1.66. The number of H-pyrrole nitrogens is 1. The van der Waals surface area contributed by atoms with Crippen LogP contribution in [0.2, 0.25) is 0 Å². The van der Waals surface area contributed by atoms with E-state index in [1.807, 2.05) is 30.5 Å². The highest BCUT2D eigenvalue weighted by Gasteiger charge is 2.31. The van der Waals surface area contributed by atoms with E-state index in [1.165, 1.54) is 11.3 Å². The van der Waals surface area contributed by atoms with Crippen molar-refractivity contribution < 1.29 is 27.2 Å². The fourth-order valence-electron chi connectivity index (χ4n) is 4.23. The number of aryl methyl sites for hydroxylation is 1. The molecule has 204 valence electrons. The van der Waals surface area contributed by atoms with E-state index in [9.17, 15) is 27.2 Å². The van der Waals surface area contributed by atoms with Crippen molar-refractivity contribution in [3.05, 3.63) is 111 Å². The highest BCUT2D eigenvalue weighted by atomic mass is 32.1. The summed E-state index contributed by atoms with van der Waals surface area (Å²) in [6.07, 6.45) is -4.62. The fourth-order valence-corrected chi connectivity index (χ4v) is 4.94. The van der Waals surface area contributed by atoms with Crippen molar-refractivity contribution in [2.45, 2.75) is 26.2 Å². The molecule has 2 heterocycles. The van der Waals surface area contributed by atoms with E-state index < -0.39 is 30.0 Å². The second kappa shape index (κ2) is 10.9. The Morgan fingerprint density at radius 3 is 2.40 bits per heavy atom. The summed E-state index contributed by atoms with van der Waals surface area (Å²) < 4.78 is 52.8. The Morgan fingerprint density at radius 2 is 1.70 bits per heavy atom.